The van der Waals surface area contributed by atoms with Crippen LogP contribution in [0, 0.1) is 6.92 Å². The summed E-state index contributed by atoms with van der Waals surface area (Å²) in [5.41, 5.74) is 9.47. The summed E-state index contributed by atoms with van der Waals surface area (Å²) in [4.78, 5) is 16.7. The van der Waals surface area contributed by atoms with Crippen LogP contribution in [0.3, 0.4) is 0 Å². The van der Waals surface area contributed by atoms with Crippen molar-refractivity contribution in [2.75, 3.05) is 18.9 Å². The highest BCUT2D eigenvalue weighted by Gasteiger charge is 2.25. The lowest BCUT2D eigenvalue weighted by atomic mass is 10.1. The molecule has 132 valence electrons. The van der Waals surface area contributed by atoms with E-state index in [1.54, 1.807) is 6.92 Å². The number of carbonyl (C=O) groups is 1. The van der Waals surface area contributed by atoms with Gasteiger partial charge in [-0.25, -0.2) is 9.78 Å². The minimum Gasteiger partial charge on any atom is -0.461 e. The molecule has 4 rings (SSSR count). The third kappa shape index (κ3) is 2.46. The third-order valence-corrected chi connectivity index (χ3v) is 4.80. The van der Waals surface area contributed by atoms with Crippen LogP contribution in [-0.2, 0) is 9.47 Å². The molecule has 0 spiro atoms. The number of benzene rings is 1. The molecule has 0 radical (unpaired) electrons. The highest BCUT2D eigenvalue weighted by atomic mass is 16.5. The van der Waals surface area contributed by atoms with Crippen molar-refractivity contribution in [3.05, 3.63) is 23.5 Å². The van der Waals surface area contributed by atoms with Crippen LogP contribution >= 0.6 is 0 Å². The molecule has 1 unspecified atom stereocenters. The number of H-pyrrole nitrogens is 1. The summed E-state index contributed by atoms with van der Waals surface area (Å²) in [5.74, 6) is -0.417. The first-order chi connectivity index (χ1) is 12.1. The van der Waals surface area contributed by atoms with Crippen molar-refractivity contribution in [1.29, 1.82) is 0 Å². The first-order valence-corrected chi connectivity index (χ1v) is 8.68. The molecular weight excluding hydrogens is 320 g/mol. The van der Waals surface area contributed by atoms with Crippen LogP contribution in [0.1, 0.15) is 48.5 Å². The number of nitrogens with one attached hydrogen (secondary N) is 1. The smallest absolute Gasteiger partial charge is 0.357 e. The quantitative estimate of drug-likeness (QED) is 0.562. The van der Waals surface area contributed by atoms with Crippen molar-refractivity contribution < 1.29 is 14.3 Å². The fourth-order valence-electron chi connectivity index (χ4n) is 3.62. The fraction of sp³-hybridized carbons (Fsp3) is 0.444. The molecule has 0 aliphatic carbocycles. The number of carbonyl (C=O) groups excluding carboxylic acids is 1. The van der Waals surface area contributed by atoms with Crippen molar-refractivity contribution in [3.63, 3.8) is 0 Å². The lowest BCUT2D eigenvalue weighted by Gasteiger charge is -2.24. The fourth-order valence-corrected chi connectivity index (χ4v) is 3.62. The number of nitrogens with zero attached hydrogens (tertiary/aromatic N) is 2. The van der Waals surface area contributed by atoms with Gasteiger partial charge in [-0.15, -0.1) is 0 Å². The molecule has 1 aliphatic heterocycles. The molecule has 1 atom stereocenters. The number of anilines is 1. The first kappa shape index (κ1) is 16.0. The molecule has 0 bridgehead atoms. The highest BCUT2D eigenvalue weighted by Crippen LogP contribution is 2.36. The van der Waals surface area contributed by atoms with Gasteiger partial charge in [0.25, 0.3) is 0 Å². The van der Waals surface area contributed by atoms with E-state index in [1.165, 1.54) is 0 Å². The van der Waals surface area contributed by atoms with Gasteiger partial charge in [0, 0.05) is 23.6 Å². The number of aromatic nitrogens is 3. The van der Waals surface area contributed by atoms with Gasteiger partial charge in [-0.2, -0.15) is 0 Å². The van der Waals surface area contributed by atoms with Crippen LogP contribution in [0.5, 0.6) is 0 Å². The molecule has 3 N–H and O–H groups in total. The molecule has 0 saturated carbocycles. The summed E-state index contributed by atoms with van der Waals surface area (Å²) in [7, 11) is 0. The normalized spacial score (nSPS) is 18.1. The van der Waals surface area contributed by atoms with Crippen LogP contribution in [0.4, 0.5) is 5.69 Å². The number of aryl methyl sites for hydroxylation is 1. The van der Waals surface area contributed by atoms with Crippen LogP contribution in [0.25, 0.3) is 21.8 Å². The minimum atomic E-state index is -0.417. The molecule has 1 fully saturated rings. The van der Waals surface area contributed by atoms with E-state index in [-0.39, 0.29) is 6.23 Å². The molecule has 2 aromatic heterocycles. The molecule has 1 saturated heterocycles. The van der Waals surface area contributed by atoms with Crippen LogP contribution in [0.2, 0.25) is 0 Å². The first-order valence-electron chi connectivity index (χ1n) is 8.68. The van der Waals surface area contributed by atoms with Gasteiger partial charge in [-0.3, -0.25) is 4.68 Å². The van der Waals surface area contributed by atoms with E-state index >= 15 is 0 Å². The number of nitrogens with two attached hydrogens (primary N) is 1. The van der Waals surface area contributed by atoms with Gasteiger partial charge in [0.05, 0.1) is 23.3 Å². The van der Waals surface area contributed by atoms with Gasteiger partial charge in [0.1, 0.15) is 6.23 Å². The molecule has 7 nitrogen and oxygen atoms in total. The van der Waals surface area contributed by atoms with Crippen molar-refractivity contribution in [3.8, 4) is 0 Å². The number of aromatic amines is 1. The molecule has 0 amide bonds. The van der Waals surface area contributed by atoms with E-state index in [2.05, 4.69) is 10.1 Å². The van der Waals surface area contributed by atoms with Crippen molar-refractivity contribution >= 4 is 33.5 Å². The Balaban J connectivity index is 1.97. The van der Waals surface area contributed by atoms with E-state index in [4.69, 9.17) is 15.2 Å². The monoisotopic (exact) mass is 342 g/mol. The molecular formula is C18H22N4O3. The lowest BCUT2D eigenvalue weighted by Crippen LogP contribution is -2.19. The maximum absolute atomic E-state index is 12.2. The SMILES string of the molecule is CCOC(=O)c1nc2c(N)cc3c[nH]n(C4CCCCO4)c3c2c1C. The number of rotatable bonds is 3. The number of esters is 1. The Kier molecular flexibility index (Phi) is 3.88. The standard InChI is InChI=1S/C18H22N4O3/c1-3-24-18(23)15-10(2)14-16(21-15)12(19)8-11-9-20-22(17(11)14)13-6-4-5-7-25-13/h8-9,13,20H,3-7,19H2,1-2H3. The molecule has 3 heterocycles. The highest BCUT2D eigenvalue weighted by molar-refractivity contribution is 6.14. The summed E-state index contributed by atoms with van der Waals surface area (Å²) in [6, 6.07) is 1.88. The maximum atomic E-state index is 12.2. The third-order valence-electron chi connectivity index (χ3n) is 4.80. The second-order valence-electron chi connectivity index (χ2n) is 6.40. The van der Waals surface area contributed by atoms with Crippen LogP contribution in [-0.4, -0.2) is 33.9 Å². The average Bonchev–Trinajstić information content (AvgIpc) is 3.17. The number of ether oxygens (including phenoxy) is 2. The average molecular weight is 342 g/mol. The number of hydrogen-bond donors (Lipinski definition) is 2. The van der Waals surface area contributed by atoms with Gasteiger partial charge < -0.3 is 20.3 Å². The largest absolute Gasteiger partial charge is 0.461 e. The summed E-state index contributed by atoms with van der Waals surface area (Å²) >= 11 is 0. The molecule has 1 aliphatic rings. The van der Waals surface area contributed by atoms with E-state index in [0.29, 0.717) is 23.5 Å². The van der Waals surface area contributed by atoms with Gasteiger partial charge in [0.2, 0.25) is 0 Å². The van der Waals surface area contributed by atoms with Crippen LogP contribution < -0.4 is 5.73 Å². The van der Waals surface area contributed by atoms with Crippen molar-refractivity contribution in [1.82, 2.24) is 14.8 Å². The Morgan fingerprint density at radius 3 is 3.08 bits per heavy atom. The topological polar surface area (TPSA) is 95.2 Å². The van der Waals surface area contributed by atoms with E-state index in [0.717, 1.165) is 47.7 Å². The zero-order valence-electron chi connectivity index (χ0n) is 14.5. The summed E-state index contributed by atoms with van der Waals surface area (Å²) in [6.45, 7) is 4.73. The summed E-state index contributed by atoms with van der Waals surface area (Å²) < 4.78 is 13.1. The molecule has 3 aromatic rings. The molecule has 7 heteroatoms. The predicted octanol–water partition coefficient (Wildman–Crippen LogP) is 3.28. The Morgan fingerprint density at radius 2 is 2.36 bits per heavy atom. The Bertz CT molecular complexity index is 950. The number of fused-ring (bicyclic) bond motifs is 3. The molecule has 1 aromatic carbocycles. The number of hydrogen-bond acceptors (Lipinski definition) is 5. The maximum Gasteiger partial charge on any atom is 0.357 e. The summed E-state index contributed by atoms with van der Waals surface area (Å²) in [6.07, 6.45) is 5.03. The minimum absolute atomic E-state index is 0.0431. The Labute approximate surface area is 145 Å². The van der Waals surface area contributed by atoms with Crippen molar-refractivity contribution in [2.24, 2.45) is 0 Å². The Morgan fingerprint density at radius 1 is 1.52 bits per heavy atom. The zero-order chi connectivity index (χ0) is 17.6. The Hall–Kier alpha value is -2.54. The van der Waals surface area contributed by atoms with E-state index < -0.39 is 5.97 Å². The zero-order valence-corrected chi connectivity index (χ0v) is 14.5. The van der Waals surface area contributed by atoms with Gasteiger partial charge >= 0.3 is 5.97 Å². The lowest BCUT2D eigenvalue weighted by molar-refractivity contribution is -0.0365. The predicted molar refractivity (Wildman–Crippen MR) is 95.5 cm³/mol. The summed E-state index contributed by atoms with van der Waals surface area (Å²) in [5, 5.41) is 5.15. The second kappa shape index (κ2) is 6.07. The number of nitrogen functional groups attached to an aromatic ring is 1. The van der Waals surface area contributed by atoms with E-state index in [9.17, 15) is 4.79 Å². The van der Waals surface area contributed by atoms with Gasteiger partial charge in [0.15, 0.2) is 5.69 Å². The van der Waals surface area contributed by atoms with Crippen molar-refractivity contribution in [2.45, 2.75) is 39.3 Å². The second-order valence-corrected chi connectivity index (χ2v) is 6.40. The van der Waals surface area contributed by atoms with Gasteiger partial charge in [-0.1, -0.05) is 0 Å². The van der Waals surface area contributed by atoms with Gasteiger partial charge in [-0.05, 0) is 44.7 Å². The van der Waals surface area contributed by atoms with E-state index in [1.807, 2.05) is 23.9 Å². The molecule has 25 heavy (non-hydrogen) atoms. The van der Waals surface area contributed by atoms with Crippen LogP contribution in [0.15, 0.2) is 12.3 Å².